The first-order valence-corrected chi connectivity index (χ1v) is 7.76. The Morgan fingerprint density at radius 3 is 2.79 bits per heavy atom. The molecule has 0 bridgehead atoms. The molecule has 2 aromatic rings. The van der Waals surface area contributed by atoms with Gasteiger partial charge in [0.2, 0.25) is 0 Å². The number of halogens is 2. The van der Waals surface area contributed by atoms with Crippen molar-refractivity contribution >= 4 is 51.0 Å². The first-order valence-electron chi connectivity index (χ1n) is 5.36. The Kier molecular flexibility index (Phi) is 4.85. The molecule has 0 unspecified atom stereocenters. The highest BCUT2D eigenvalue weighted by Gasteiger charge is 2.12. The van der Waals surface area contributed by atoms with Gasteiger partial charge in [-0.1, -0.05) is 11.6 Å². The average molecular weight is 358 g/mol. The Labute approximate surface area is 128 Å². The van der Waals surface area contributed by atoms with Crippen LogP contribution in [0, 0.1) is 0 Å². The number of nitrogens with one attached hydrogen (secondary N) is 1. The van der Waals surface area contributed by atoms with Crippen molar-refractivity contribution in [3.8, 4) is 0 Å². The molecule has 98 valence electrons. The number of benzene rings is 1. The molecular weight excluding hydrogens is 348 g/mol. The van der Waals surface area contributed by atoms with E-state index < -0.39 is 0 Å². The molecule has 1 aromatic heterocycles. The van der Waals surface area contributed by atoms with Crippen molar-refractivity contribution in [2.24, 2.45) is 0 Å². The minimum Gasteiger partial charge on any atom is -0.307 e. The molecule has 0 aliphatic heterocycles. The molecule has 1 amide bonds. The molecule has 1 N–H and O–H groups in total. The first kappa shape index (κ1) is 14.4. The Morgan fingerprint density at radius 1 is 1.37 bits per heavy atom. The fourth-order valence-corrected chi connectivity index (χ4v) is 2.32. The molecule has 19 heavy (non-hydrogen) atoms. The zero-order valence-corrected chi connectivity index (χ0v) is 13.1. The van der Waals surface area contributed by atoms with Crippen LogP contribution in [0.4, 0.5) is 5.82 Å². The standard InChI is InChI=1S/C13H10BrClN2OS/c1-19-9-3-4-11(15)10(6-9)13(18)17-12-5-2-8(14)7-16-12/h2-7H,1H3,(H,16,17,18). The number of carbonyl (C=O) groups excluding carboxylic acids is 1. The summed E-state index contributed by atoms with van der Waals surface area (Å²) in [5.41, 5.74) is 0.443. The number of amides is 1. The lowest BCUT2D eigenvalue weighted by molar-refractivity contribution is 0.102. The van der Waals surface area contributed by atoms with Gasteiger partial charge in [0.05, 0.1) is 10.6 Å². The molecule has 0 radical (unpaired) electrons. The molecule has 0 saturated heterocycles. The predicted octanol–water partition coefficient (Wildman–Crippen LogP) is 4.47. The van der Waals surface area contributed by atoms with Crippen LogP contribution in [0.1, 0.15) is 10.4 Å². The van der Waals surface area contributed by atoms with Crippen LogP contribution in [0.15, 0.2) is 45.9 Å². The number of rotatable bonds is 3. The quantitative estimate of drug-likeness (QED) is 0.824. The summed E-state index contributed by atoms with van der Waals surface area (Å²) in [4.78, 5) is 17.2. The summed E-state index contributed by atoms with van der Waals surface area (Å²) in [6.45, 7) is 0. The number of nitrogens with zero attached hydrogens (tertiary/aromatic N) is 1. The van der Waals surface area contributed by atoms with Gasteiger partial charge in [-0.2, -0.15) is 0 Å². The van der Waals surface area contributed by atoms with Gasteiger partial charge in [0, 0.05) is 15.6 Å². The third kappa shape index (κ3) is 3.72. The van der Waals surface area contributed by atoms with Crippen LogP contribution in [0.3, 0.4) is 0 Å². The molecule has 0 saturated carbocycles. The number of carbonyl (C=O) groups is 1. The monoisotopic (exact) mass is 356 g/mol. The van der Waals surface area contributed by atoms with Crippen molar-refractivity contribution in [1.29, 1.82) is 0 Å². The van der Waals surface area contributed by atoms with E-state index in [-0.39, 0.29) is 5.91 Å². The van der Waals surface area contributed by atoms with Gasteiger partial charge in [0.15, 0.2) is 0 Å². The number of hydrogen-bond donors (Lipinski definition) is 1. The molecule has 1 aromatic carbocycles. The molecule has 0 aliphatic rings. The number of hydrogen-bond acceptors (Lipinski definition) is 3. The minimum atomic E-state index is -0.268. The fourth-order valence-electron chi connectivity index (χ4n) is 1.44. The maximum atomic E-state index is 12.1. The van der Waals surface area contributed by atoms with Gasteiger partial charge >= 0.3 is 0 Å². The van der Waals surface area contributed by atoms with E-state index in [0.717, 1.165) is 9.37 Å². The van der Waals surface area contributed by atoms with Crippen LogP contribution >= 0.6 is 39.3 Å². The van der Waals surface area contributed by atoms with Gasteiger partial charge in [-0.15, -0.1) is 11.8 Å². The Hall–Kier alpha value is -1.04. The van der Waals surface area contributed by atoms with Gasteiger partial charge in [0.25, 0.3) is 5.91 Å². The molecule has 1 heterocycles. The summed E-state index contributed by atoms with van der Waals surface area (Å²) in [6, 6.07) is 8.89. The third-order valence-electron chi connectivity index (χ3n) is 2.39. The molecule has 0 aliphatic carbocycles. The molecule has 0 fully saturated rings. The van der Waals surface area contributed by atoms with E-state index >= 15 is 0 Å². The van der Waals surface area contributed by atoms with Crippen molar-refractivity contribution in [2.75, 3.05) is 11.6 Å². The smallest absolute Gasteiger partial charge is 0.258 e. The molecule has 0 atom stereocenters. The van der Waals surface area contributed by atoms with Crippen molar-refractivity contribution < 1.29 is 4.79 Å². The number of pyridine rings is 1. The lowest BCUT2D eigenvalue weighted by Gasteiger charge is -2.07. The fraction of sp³-hybridized carbons (Fsp3) is 0.0769. The van der Waals surface area contributed by atoms with E-state index in [0.29, 0.717) is 16.4 Å². The van der Waals surface area contributed by atoms with Crippen molar-refractivity contribution in [3.63, 3.8) is 0 Å². The van der Waals surface area contributed by atoms with E-state index in [2.05, 4.69) is 26.2 Å². The minimum absolute atomic E-state index is 0.268. The molecule has 0 spiro atoms. The van der Waals surface area contributed by atoms with Gasteiger partial charge in [0.1, 0.15) is 5.82 Å². The summed E-state index contributed by atoms with van der Waals surface area (Å²) >= 11 is 10.9. The molecule has 3 nitrogen and oxygen atoms in total. The zero-order chi connectivity index (χ0) is 13.8. The van der Waals surface area contributed by atoms with Crippen LogP contribution < -0.4 is 5.32 Å². The second-order valence-corrected chi connectivity index (χ2v) is 5.86. The summed E-state index contributed by atoms with van der Waals surface area (Å²) in [5.74, 6) is 0.217. The largest absolute Gasteiger partial charge is 0.307 e. The highest BCUT2D eigenvalue weighted by Crippen LogP contribution is 2.23. The normalized spacial score (nSPS) is 10.3. The SMILES string of the molecule is CSc1ccc(Cl)c(C(=O)Nc2ccc(Br)cn2)c1. The average Bonchev–Trinajstić information content (AvgIpc) is 2.42. The highest BCUT2D eigenvalue weighted by molar-refractivity contribution is 9.10. The molecule has 2 rings (SSSR count). The van der Waals surface area contributed by atoms with Crippen molar-refractivity contribution in [3.05, 3.63) is 51.6 Å². The van der Waals surface area contributed by atoms with E-state index in [1.807, 2.05) is 18.4 Å². The summed E-state index contributed by atoms with van der Waals surface area (Å²) in [5, 5.41) is 3.14. The summed E-state index contributed by atoms with van der Waals surface area (Å²) < 4.78 is 0.855. The van der Waals surface area contributed by atoms with Crippen molar-refractivity contribution in [2.45, 2.75) is 4.90 Å². The Morgan fingerprint density at radius 2 is 2.16 bits per heavy atom. The topological polar surface area (TPSA) is 42.0 Å². The van der Waals surface area contributed by atoms with Gasteiger partial charge < -0.3 is 5.32 Å². The van der Waals surface area contributed by atoms with Crippen LogP contribution in [0.25, 0.3) is 0 Å². The van der Waals surface area contributed by atoms with Crippen LogP contribution in [0.5, 0.6) is 0 Å². The summed E-state index contributed by atoms with van der Waals surface area (Å²) in [7, 11) is 0. The highest BCUT2D eigenvalue weighted by atomic mass is 79.9. The van der Waals surface area contributed by atoms with E-state index in [4.69, 9.17) is 11.6 Å². The Bertz CT molecular complexity index is 604. The number of thioether (sulfide) groups is 1. The summed E-state index contributed by atoms with van der Waals surface area (Å²) in [6.07, 6.45) is 3.57. The van der Waals surface area contributed by atoms with E-state index in [9.17, 15) is 4.79 Å². The van der Waals surface area contributed by atoms with Gasteiger partial charge in [-0.25, -0.2) is 4.98 Å². The Balaban J connectivity index is 2.22. The number of aromatic nitrogens is 1. The van der Waals surface area contributed by atoms with E-state index in [1.165, 1.54) is 0 Å². The third-order valence-corrected chi connectivity index (χ3v) is 3.91. The van der Waals surface area contributed by atoms with Crippen LogP contribution in [-0.2, 0) is 0 Å². The maximum absolute atomic E-state index is 12.1. The zero-order valence-electron chi connectivity index (χ0n) is 9.98. The predicted molar refractivity (Wildman–Crippen MR) is 83.1 cm³/mol. The first-order chi connectivity index (χ1) is 9.10. The second kappa shape index (κ2) is 6.41. The molecule has 6 heteroatoms. The maximum Gasteiger partial charge on any atom is 0.258 e. The molecular formula is C13H10BrClN2OS. The second-order valence-electron chi connectivity index (χ2n) is 3.66. The van der Waals surface area contributed by atoms with Crippen molar-refractivity contribution in [1.82, 2.24) is 4.98 Å². The lowest BCUT2D eigenvalue weighted by atomic mass is 10.2. The number of anilines is 1. The van der Waals surface area contributed by atoms with E-state index in [1.54, 1.807) is 36.2 Å². The van der Waals surface area contributed by atoms with Crippen LogP contribution in [0.2, 0.25) is 5.02 Å². The lowest BCUT2D eigenvalue weighted by Crippen LogP contribution is -2.13. The van der Waals surface area contributed by atoms with Gasteiger partial charge in [-0.05, 0) is 52.5 Å². The van der Waals surface area contributed by atoms with Crippen LogP contribution in [-0.4, -0.2) is 17.1 Å². The van der Waals surface area contributed by atoms with Gasteiger partial charge in [-0.3, -0.25) is 4.79 Å².